The lowest BCUT2D eigenvalue weighted by molar-refractivity contribution is -0.140. The van der Waals surface area contributed by atoms with E-state index in [0.29, 0.717) is 10.0 Å². The van der Waals surface area contributed by atoms with Crippen LogP contribution in [0, 0.1) is 13.8 Å². The maximum Gasteiger partial charge on any atom is 0.242 e. The average molecular weight is 461 g/mol. The monoisotopic (exact) mass is 460 g/mol. The Labute approximate surface area is 194 Å². The Morgan fingerprint density at radius 1 is 1.06 bits per heavy atom. The Morgan fingerprint density at radius 2 is 1.77 bits per heavy atom. The van der Waals surface area contributed by atoms with E-state index in [1.54, 1.807) is 24.0 Å². The molecule has 0 bridgehead atoms. The van der Waals surface area contributed by atoms with Crippen LogP contribution in [-0.2, 0) is 22.6 Å². The quantitative estimate of drug-likeness (QED) is 0.581. The van der Waals surface area contributed by atoms with Crippen molar-refractivity contribution in [2.45, 2.75) is 71.5 Å². The highest BCUT2D eigenvalue weighted by atomic mass is 35.5. The largest absolute Gasteiger partial charge is 0.352 e. The fraction of sp³-hybridized carbons (Fsp3) is 0.440. The summed E-state index contributed by atoms with van der Waals surface area (Å²) in [6, 6.07) is 10.8. The van der Waals surface area contributed by atoms with E-state index >= 15 is 0 Å². The Bertz CT molecular complexity index is 955. The molecule has 4 nitrogen and oxygen atoms in total. The molecular weight excluding hydrogens is 431 g/mol. The molecule has 0 spiro atoms. The van der Waals surface area contributed by atoms with Crippen molar-refractivity contribution < 1.29 is 9.59 Å². The Kier molecular flexibility index (Phi) is 8.01. The topological polar surface area (TPSA) is 49.4 Å². The van der Waals surface area contributed by atoms with Crippen LogP contribution >= 0.6 is 23.2 Å². The zero-order valence-electron chi connectivity index (χ0n) is 18.4. The highest BCUT2D eigenvalue weighted by Gasteiger charge is 2.29. The molecule has 0 radical (unpaired) electrons. The zero-order valence-corrected chi connectivity index (χ0v) is 19.9. The first-order valence-electron chi connectivity index (χ1n) is 10.8. The van der Waals surface area contributed by atoms with E-state index in [0.717, 1.165) is 42.4 Å². The summed E-state index contributed by atoms with van der Waals surface area (Å²) in [5, 5.41) is 4.14. The van der Waals surface area contributed by atoms with Gasteiger partial charge in [0.2, 0.25) is 11.8 Å². The smallest absolute Gasteiger partial charge is 0.242 e. The van der Waals surface area contributed by atoms with Crippen molar-refractivity contribution in [2.24, 2.45) is 0 Å². The van der Waals surface area contributed by atoms with Gasteiger partial charge in [0.15, 0.2) is 0 Å². The minimum absolute atomic E-state index is 0.108. The van der Waals surface area contributed by atoms with Crippen LogP contribution in [0.3, 0.4) is 0 Å². The summed E-state index contributed by atoms with van der Waals surface area (Å²) in [6.07, 6.45) is 4.49. The van der Waals surface area contributed by atoms with E-state index in [4.69, 9.17) is 23.2 Å². The summed E-state index contributed by atoms with van der Waals surface area (Å²) in [6.45, 7) is 6.11. The third kappa shape index (κ3) is 6.24. The number of nitrogens with zero attached hydrogens (tertiary/aromatic N) is 1. The molecule has 31 heavy (non-hydrogen) atoms. The van der Waals surface area contributed by atoms with E-state index in [9.17, 15) is 9.59 Å². The number of hydrogen-bond acceptors (Lipinski definition) is 2. The SMILES string of the molecule is Cc1ccc(CC(=O)N(Cc2ccc(Cl)cc2Cl)[C@@H](C)C(=O)NC2CCCC2)cc1C. The van der Waals surface area contributed by atoms with Crippen LogP contribution in [0.5, 0.6) is 0 Å². The minimum Gasteiger partial charge on any atom is -0.352 e. The Balaban J connectivity index is 1.81. The van der Waals surface area contributed by atoms with Gasteiger partial charge in [-0.05, 0) is 68.0 Å². The van der Waals surface area contributed by atoms with Gasteiger partial charge < -0.3 is 10.2 Å². The van der Waals surface area contributed by atoms with Crippen LogP contribution in [0.4, 0.5) is 0 Å². The number of amides is 2. The second-order valence-corrected chi connectivity index (χ2v) is 9.36. The molecule has 1 aliphatic carbocycles. The van der Waals surface area contributed by atoms with Crippen LogP contribution in [0.25, 0.3) is 0 Å². The normalized spacial score (nSPS) is 15.0. The summed E-state index contributed by atoms with van der Waals surface area (Å²) >= 11 is 12.4. The number of rotatable bonds is 7. The van der Waals surface area contributed by atoms with Gasteiger partial charge in [-0.15, -0.1) is 0 Å². The van der Waals surface area contributed by atoms with Gasteiger partial charge in [-0.2, -0.15) is 0 Å². The second kappa shape index (κ2) is 10.5. The van der Waals surface area contributed by atoms with Crippen LogP contribution in [-0.4, -0.2) is 28.8 Å². The van der Waals surface area contributed by atoms with E-state index < -0.39 is 6.04 Å². The standard InChI is InChI=1S/C25H30Cl2N2O2/c1-16-8-9-19(12-17(16)2)13-24(30)29(15-20-10-11-21(26)14-23(20)27)18(3)25(31)28-22-6-4-5-7-22/h8-12,14,18,22H,4-7,13,15H2,1-3H3,(H,28,31)/t18-/m0/s1. The van der Waals surface area contributed by atoms with Crippen LogP contribution in [0.15, 0.2) is 36.4 Å². The first-order chi connectivity index (χ1) is 14.7. The van der Waals surface area contributed by atoms with Gasteiger partial charge in [0.05, 0.1) is 6.42 Å². The van der Waals surface area contributed by atoms with Crippen molar-refractivity contribution in [1.29, 1.82) is 0 Å². The highest BCUT2D eigenvalue weighted by molar-refractivity contribution is 6.35. The molecule has 1 N–H and O–H groups in total. The molecule has 1 saturated carbocycles. The maximum atomic E-state index is 13.4. The molecule has 1 fully saturated rings. The molecule has 0 saturated heterocycles. The van der Waals surface area contributed by atoms with Crippen LogP contribution < -0.4 is 5.32 Å². The fourth-order valence-electron chi connectivity index (χ4n) is 4.00. The van der Waals surface area contributed by atoms with Gasteiger partial charge in [0.25, 0.3) is 0 Å². The van der Waals surface area contributed by atoms with E-state index in [1.807, 2.05) is 38.1 Å². The summed E-state index contributed by atoms with van der Waals surface area (Å²) in [5.41, 5.74) is 4.03. The third-order valence-corrected chi connectivity index (χ3v) is 6.74. The van der Waals surface area contributed by atoms with Gasteiger partial charge in [-0.3, -0.25) is 9.59 Å². The maximum absolute atomic E-state index is 13.4. The first-order valence-corrected chi connectivity index (χ1v) is 11.6. The first kappa shape index (κ1) is 23.6. The van der Waals surface area contributed by atoms with Crippen molar-refractivity contribution in [3.05, 3.63) is 68.7 Å². The van der Waals surface area contributed by atoms with Crippen molar-refractivity contribution in [2.75, 3.05) is 0 Å². The van der Waals surface area contributed by atoms with Crippen LogP contribution in [0.1, 0.15) is 54.9 Å². The number of hydrogen-bond donors (Lipinski definition) is 1. The predicted molar refractivity (Wildman–Crippen MR) is 126 cm³/mol. The lowest BCUT2D eigenvalue weighted by Gasteiger charge is -2.30. The van der Waals surface area contributed by atoms with Gasteiger partial charge >= 0.3 is 0 Å². The van der Waals surface area contributed by atoms with E-state index in [1.165, 1.54) is 5.56 Å². The van der Waals surface area contributed by atoms with Gasteiger partial charge in [-0.25, -0.2) is 0 Å². The van der Waals surface area contributed by atoms with Gasteiger partial charge in [0.1, 0.15) is 6.04 Å². The number of halogens is 2. The Hall–Kier alpha value is -2.04. The number of aryl methyl sites for hydroxylation is 2. The van der Waals surface area contributed by atoms with E-state index in [-0.39, 0.29) is 30.8 Å². The number of carbonyl (C=O) groups is 2. The highest BCUT2D eigenvalue weighted by Crippen LogP contribution is 2.24. The third-order valence-electron chi connectivity index (χ3n) is 6.15. The van der Waals surface area contributed by atoms with Crippen molar-refractivity contribution in [1.82, 2.24) is 10.2 Å². The molecule has 1 aliphatic rings. The summed E-state index contributed by atoms with van der Waals surface area (Å²) in [5.74, 6) is -0.228. The molecule has 0 heterocycles. The fourth-order valence-corrected chi connectivity index (χ4v) is 4.47. The average Bonchev–Trinajstić information content (AvgIpc) is 3.22. The predicted octanol–water partition coefficient (Wildman–Crippen LogP) is 5.63. The Morgan fingerprint density at radius 3 is 2.42 bits per heavy atom. The number of benzene rings is 2. The van der Waals surface area contributed by atoms with Crippen LogP contribution in [0.2, 0.25) is 10.0 Å². The molecule has 2 aromatic carbocycles. The minimum atomic E-state index is -0.605. The van der Waals surface area contributed by atoms with Gasteiger partial charge in [0, 0.05) is 22.6 Å². The van der Waals surface area contributed by atoms with Crippen molar-refractivity contribution in [3.8, 4) is 0 Å². The van der Waals surface area contributed by atoms with Crippen molar-refractivity contribution in [3.63, 3.8) is 0 Å². The van der Waals surface area contributed by atoms with Crippen molar-refractivity contribution >= 4 is 35.0 Å². The molecule has 0 aromatic heterocycles. The summed E-state index contributed by atoms with van der Waals surface area (Å²) < 4.78 is 0. The number of nitrogens with one attached hydrogen (secondary N) is 1. The lowest BCUT2D eigenvalue weighted by atomic mass is 10.0. The molecule has 2 amide bonds. The molecule has 6 heteroatoms. The zero-order chi connectivity index (χ0) is 22.5. The van der Waals surface area contributed by atoms with Gasteiger partial charge in [-0.1, -0.05) is 60.3 Å². The summed E-state index contributed by atoms with van der Waals surface area (Å²) in [7, 11) is 0. The molecule has 0 aliphatic heterocycles. The molecular formula is C25H30Cl2N2O2. The second-order valence-electron chi connectivity index (χ2n) is 8.52. The molecule has 0 unspecified atom stereocenters. The molecule has 1 atom stereocenters. The van der Waals surface area contributed by atoms with E-state index in [2.05, 4.69) is 5.32 Å². The molecule has 166 valence electrons. The number of carbonyl (C=O) groups excluding carboxylic acids is 2. The molecule has 3 rings (SSSR count). The lowest BCUT2D eigenvalue weighted by Crippen LogP contribution is -2.50. The summed E-state index contributed by atoms with van der Waals surface area (Å²) in [4.78, 5) is 27.9. The molecule has 2 aromatic rings.